The van der Waals surface area contributed by atoms with E-state index in [0.29, 0.717) is 0 Å². The molecule has 0 amide bonds. The maximum Gasteiger partial charge on any atom is 0.0251 e. The van der Waals surface area contributed by atoms with Crippen molar-refractivity contribution in [1.82, 2.24) is 0 Å². The summed E-state index contributed by atoms with van der Waals surface area (Å²) in [6.45, 7) is 4.30. The highest BCUT2D eigenvalue weighted by Gasteiger charge is 2.10. The van der Waals surface area contributed by atoms with E-state index in [9.17, 15) is 0 Å². The van der Waals surface area contributed by atoms with Gasteiger partial charge in [-0.1, -0.05) is 63.5 Å². The molecule has 0 aliphatic heterocycles. The van der Waals surface area contributed by atoms with Crippen LogP contribution in [0, 0.1) is 0 Å². The van der Waals surface area contributed by atoms with E-state index in [-0.39, 0.29) is 0 Å². The van der Waals surface area contributed by atoms with Crippen LogP contribution in [-0.4, -0.2) is 11.5 Å². The van der Waals surface area contributed by atoms with E-state index in [1.165, 1.54) is 76.2 Å². The summed E-state index contributed by atoms with van der Waals surface area (Å²) in [7, 11) is 0. The van der Waals surface area contributed by atoms with E-state index in [0.717, 1.165) is 5.25 Å². The van der Waals surface area contributed by atoms with Gasteiger partial charge in [0.25, 0.3) is 0 Å². The Balaban J connectivity index is 2.34. The Morgan fingerprint density at radius 3 is 1.94 bits per heavy atom. The Kier molecular flexibility index (Phi) is 8.10. The van der Waals surface area contributed by atoms with Gasteiger partial charge in [0.1, 0.15) is 0 Å². The lowest BCUT2D eigenvalue weighted by Crippen LogP contribution is -2.05. The number of thioether (sulfide) groups is 1. The van der Waals surface area contributed by atoms with Crippen LogP contribution in [0.2, 0.25) is 0 Å². The topological polar surface area (TPSA) is 0 Å². The molecule has 1 saturated carbocycles. The zero-order valence-electron chi connectivity index (χ0n) is 11.0. The van der Waals surface area contributed by atoms with Crippen molar-refractivity contribution in [1.29, 1.82) is 0 Å². The Bertz CT molecular complexity index is 186. The molecule has 16 heavy (non-hydrogen) atoms. The van der Waals surface area contributed by atoms with Crippen LogP contribution in [0.3, 0.4) is 0 Å². The smallest absolute Gasteiger partial charge is 0.0251 e. The summed E-state index contributed by atoms with van der Waals surface area (Å²) >= 11 is 2.01. The van der Waals surface area contributed by atoms with E-state index in [2.05, 4.69) is 12.8 Å². The zero-order chi connectivity index (χ0) is 11.6. The molecule has 1 aliphatic rings. The SMILES string of the molecule is C=C1CCCCCCCCCCCC1SC. The molecule has 0 bridgehead atoms. The predicted octanol–water partition coefficient (Wildman–Crippen LogP) is 5.58. The third-order valence-corrected chi connectivity index (χ3v) is 4.84. The van der Waals surface area contributed by atoms with Gasteiger partial charge in [-0.05, 0) is 25.5 Å². The number of hydrogen-bond acceptors (Lipinski definition) is 1. The average Bonchev–Trinajstić information content (AvgIpc) is 2.31. The lowest BCUT2D eigenvalue weighted by molar-refractivity contribution is 0.563. The van der Waals surface area contributed by atoms with Gasteiger partial charge in [0.2, 0.25) is 0 Å². The molecule has 1 atom stereocenters. The molecule has 0 aromatic carbocycles. The number of rotatable bonds is 1. The second-order valence-corrected chi connectivity index (χ2v) is 6.14. The van der Waals surface area contributed by atoms with Gasteiger partial charge in [-0.15, -0.1) is 0 Å². The molecule has 0 N–H and O–H groups in total. The first-order valence-corrected chi connectivity index (χ1v) is 8.34. The van der Waals surface area contributed by atoms with Crippen molar-refractivity contribution in [3.05, 3.63) is 12.2 Å². The van der Waals surface area contributed by atoms with E-state index in [4.69, 9.17) is 0 Å². The normalized spacial score (nSPS) is 26.6. The second kappa shape index (κ2) is 9.15. The first-order chi connectivity index (χ1) is 7.84. The molecule has 94 valence electrons. The Labute approximate surface area is 106 Å². The molecule has 0 aromatic heterocycles. The van der Waals surface area contributed by atoms with Crippen LogP contribution in [0.15, 0.2) is 12.2 Å². The van der Waals surface area contributed by atoms with Crippen LogP contribution >= 0.6 is 11.8 Å². The quantitative estimate of drug-likeness (QED) is 0.539. The van der Waals surface area contributed by atoms with E-state index >= 15 is 0 Å². The fraction of sp³-hybridized carbons (Fsp3) is 0.867. The molecule has 0 spiro atoms. The third kappa shape index (κ3) is 5.98. The molecule has 0 aromatic rings. The number of hydrogen-bond donors (Lipinski definition) is 0. The highest BCUT2D eigenvalue weighted by atomic mass is 32.2. The highest BCUT2D eigenvalue weighted by Crippen LogP contribution is 2.26. The minimum absolute atomic E-state index is 0.737. The minimum Gasteiger partial charge on any atom is -0.158 e. The Morgan fingerprint density at radius 2 is 1.38 bits per heavy atom. The summed E-state index contributed by atoms with van der Waals surface area (Å²) in [4.78, 5) is 0. The second-order valence-electron chi connectivity index (χ2n) is 5.10. The van der Waals surface area contributed by atoms with Gasteiger partial charge in [-0.25, -0.2) is 0 Å². The van der Waals surface area contributed by atoms with Crippen molar-refractivity contribution in [2.75, 3.05) is 6.26 Å². The fourth-order valence-corrected chi connectivity index (χ4v) is 3.42. The first-order valence-electron chi connectivity index (χ1n) is 7.05. The third-order valence-electron chi connectivity index (χ3n) is 3.70. The molecule has 1 heteroatoms. The maximum absolute atomic E-state index is 4.30. The molecular formula is C15H28S. The van der Waals surface area contributed by atoms with Crippen LogP contribution in [0.1, 0.15) is 70.6 Å². The van der Waals surface area contributed by atoms with Gasteiger partial charge in [-0.2, -0.15) is 11.8 Å². The molecule has 1 rings (SSSR count). The van der Waals surface area contributed by atoms with Gasteiger partial charge in [0.15, 0.2) is 0 Å². The van der Waals surface area contributed by atoms with E-state index in [1.807, 2.05) is 11.8 Å². The molecule has 1 fully saturated rings. The van der Waals surface area contributed by atoms with Gasteiger partial charge in [0, 0.05) is 5.25 Å². The standard InChI is InChI=1S/C15H28S/c1-14-12-10-8-6-4-3-5-7-9-11-13-15(14)16-2/h15H,1,3-13H2,2H3. The zero-order valence-corrected chi connectivity index (χ0v) is 11.8. The molecule has 0 heterocycles. The Hall–Kier alpha value is 0.0900. The van der Waals surface area contributed by atoms with E-state index < -0.39 is 0 Å². The molecule has 0 nitrogen and oxygen atoms in total. The van der Waals surface area contributed by atoms with Crippen LogP contribution < -0.4 is 0 Å². The lowest BCUT2D eigenvalue weighted by Gasteiger charge is -2.17. The van der Waals surface area contributed by atoms with Crippen molar-refractivity contribution < 1.29 is 0 Å². The molecule has 0 radical (unpaired) electrons. The molecular weight excluding hydrogens is 212 g/mol. The van der Waals surface area contributed by atoms with Crippen LogP contribution in [-0.2, 0) is 0 Å². The molecule has 0 saturated heterocycles. The van der Waals surface area contributed by atoms with E-state index in [1.54, 1.807) is 0 Å². The summed E-state index contributed by atoms with van der Waals surface area (Å²) < 4.78 is 0. The van der Waals surface area contributed by atoms with Crippen molar-refractivity contribution in [3.8, 4) is 0 Å². The van der Waals surface area contributed by atoms with Crippen molar-refractivity contribution >= 4 is 11.8 Å². The minimum atomic E-state index is 0.737. The maximum atomic E-state index is 4.30. The summed E-state index contributed by atoms with van der Waals surface area (Å²) in [6, 6.07) is 0. The van der Waals surface area contributed by atoms with Crippen molar-refractivity contribution in [2.45, 2.75) is 75.9 Å². The highest BCUT2D eigenvalue weighted by molar-refractivity contribution is 7.99. The van der Waals surface area contributed by atoms with Crippen LogP contribution in [0.5, 0.6) is 0 Å². The molecule has 1 aliphatic carbocycles. The monoisotopic (exact) mass is 240 g/mol. The summed E-state index contributed by atoms with van der Waals surface area (Å²) in [5.41, 5.74) is 1.51. The van der Waals surface area contributed by atoms with Crippen molar-refractivity contribution in [3.63, 3.8) is 0 Å². The average molecular weight is 240 g/mol. The predicted molar refractivity (Wildman–Crippen MR) is 77.2 cm³/mol. The summed E-state index contributed by atoms with van der Waals surface area (Å²) in [6.07, 6.45) is 17.8. The summed E-state index contributed by atoms with van der Waals surface area (Å²) in [5, 5.41) is 0.737. The molecule has 1 unspecified atom stereocenters. The van der Waals surface area contributed by atoms with Crippen LogP contribution in [0.25, 0.3) is 0 Å². The van der Waals surface area contributed by atoms with Gasteiger partial charge >= 0.3 is 0 Å². The van der Waals surface area contributed by atoms with Gasteiger partial charge in [0.05, 0.1) is 0 Å². The van der Waals surface area contributed by atoms with Crippen molar-refractivity contribution in [2.24, 2.45) is 0 Å². The summed E-state index contributed by atoms with van der Waals surface area (Å²) in [5.74, 6) is 0. The van der Waals surface area contributed by atoms with Gasteiger partial charge in [-0.3, -0.25) is 0 Å². The largest absolute Gasteiger partial charge is 0.158 e. The Morgan fingerprint density at radius 1 is 0.875 bits per heavy atom. The first kappa shape index (κ1) is 14.2. The van der Waals surface area contributed by atoms with Gasteiger partial charge < -0.3 is 0 Å². The lowest BCUT2D eigenvalue weighted by atomic mass is 10.0. The fourth-order valence-electron chi connectivity index (χ4n) is 2.57. The van der Waals surface area contributed by atoms with Crippen LogP contribution in [0.4, 0.5) is 0 Å².